The number of unbranched alkanes of at least 4 members (excludes halogenated alkanes) is 3. The summed E-state index contributed by atoms with van der Waals surface area (Å²) in [4.78, 5) is 0. The number of hydrogen-bond donors (Lipinski definition) is 2. The Hall–Kier alpha value is -0.0800. The summed E-state index contributed by atoms with van der Waals surface area (Å²) in [7, 11) is 0. The average Bonchev–Trinajstić information content (AvgIpc) is 2.29. The number of hydrogen-bond acceptors (Lipinski definition) is 2. The smallest absolute Gasteiger partial charge is 0.0192 e. The molecule has 1 fully saturated rings. The van der Waals surface area contributed by atoms with Crippen LogP contribution in [0.3, 0.4) is 0 Å². The van der Waals surface area contributed by atoms with Crippen LogP contribution < -0.4 is 10.6 Å². The molecule has 0 saturated carbocycles. The van der Waals surface area contributed by atoms with Crippen molar-refractivity contribution in [3.63, 3.8) is 0 Å². The molecule has 1 aliphatic heterocycles. The molecule has 0 amide bonds. The summed E-state index contributed by atoms with van der Waals surface area (Å²) in [6.45, 7) is 8.24. The van der Waals surface area contributed by atoms with E-state index in [1.165, 1.54) is 64.6 Å². The lowest BCUT2D eigenvalue weighted by atomic mass is 10.0. The molecule has 1 unspecified atom stereocenters. The van der Waals surface area contributed by atoms with Gasteiger partial charge in [0, 0.05) is 12.6 Å². The largest absolute Gasteiger partial charge is 0.315 e. The zero-order valence-electron chi connectivity index (χ0n) is 11.2. The quantitative estimate of drug-likeness (QED) is 0.622. The number of nitrogens with one attached hydrogen (secondary N) is 2. The Morgan fingerprint density at radius 3 is 2.69 bits per heavy atom. The molecule has 2 nitrogen and oxygen atoms in total. The van der Waals surface area contributed by atoms with Gasteiger partial charge in [-0.25, -0.2) is 0 Å². The fourth-order valence-corrected chi connectivity index (χ4v) is 2.36. The van der Waals surface area contributed by atoms with Crippen molar-refractivity contribution in [1.29, 1.82) is 0 Å². The monoisotopic (exact) mass is 226 g/mol. The Bertz CT molecular complexity index is 151. The predicted molar refractivity (Wildman–Crippen MR) is 71.8 cm³/mol. The molecule has 1 saturated heterocycles. The zero-order chi connectivity index (χ0) is 11.6. The summed E-state index contributed by atoms with van der Waals surface area (Å²) < 4.78 is 0. The minimum absolute atomic E-state index is 0.740. The molecular formula is C14H30N2. The van der Waals surface area contributed by atoms with Gasteiger partial charge in [-0.05, 0) is 38.3 Å². The van der Waals surface area contributed by atoms with E-state index in [1.807, 2.05) is 0 Å². The summed E-state index contributed by atoms with van der Waals surface area (Å²) in [5.74, 6) is 0.881. The van der Waals surface area contributed by atoms with E-state index in [0.29, 0.717) is 0 Å². The third kappa shape index (κ3) is 7.24. The summed E-state index contributed by atoms with van der Waals surface area (Å²) in [5.41, 5.74) is 0. The van der Waals surface area contributed by atoms with Gasteiger partial charge in [0.25, 0.3) is 0 Å². The van der Waals surface area contributed by atoms with Gasteiger partial charge in [0.2, 0.25) is 0 Å². The van der Waals surface area contributed by atoms with Gasteiger partial charge < -0.3 is 10.6 Å². The van der Waals surface area contributed by atoms with E-state index in [-0.39, 0.29) is 0 Å². The number of piperidine rings is 1. The predicted octanol–water partition coefficient (Wildman–Crippen LogP) is 2.93. The van der Waals surface area contributed by atoms with Crippen molar-refractivity contribution in [2.75, 3.05) is 19.6 Å². The highest BCUT2D eigenvalue weighted by Gasteiger charge is 2.10. The third-order valence-electron chi connectivity index (χ3n) is 3.44. The Kier molecular flexibility index (Phi) is 7.87. The van der Waals surface area contributed by atoms with E-state index >= 15 is 0 Å². The highest BCUT2D eigenvalue weighted by Crippen LogP contribution is 2.09. The van der Waals surface area contributed by atoms with Gasteiger partial charge in [-0.1, -0.05) is 39.5 Å². The lowest BCUT2D eigenvalue weighted by Crippen LogP contribution is -2.43. The first kappa shape index (κ1) is 14.0. The van der Waals surface area contributed by atoms with E-state index < -0.39 is 0 Å². The maximum atomic E-state index is 3.66. The van der Waals surface area contributed by atoms with E-state index in [0.717, 1.165) is 12.0 Å². The summed E-state index contributed by atoms with van der Waals surface area (Å²) in [5, 5.41) is 7.10. The van der Waals surface area contributed by atoms with Crippen LogP contribution in [-0.2, 0) is 0 Å². The molecule has 0 radical (unpaired) electrons. The van der Waals surface area contributed by atoms with Crippen molar-refractivity contribution < 1.29 is 0 Å². The van der Waals surface area contributed by atoms with Gasteiger partial charge in [-0.3, -0.25) is 0 Å². The van der Waals surface area contributed by atoms with Crippen molar-refractivity contribution in [3.8, 4) is 0 Å². The zero-order valence-corrected chi connectivity index (χ0v) is 11.2. The molecule has 2 heteroatoms. The molecule has 0 aliphatic carbocycles. The Labute approximate surface area is 102 Å². The molecule has 0 bridgehead atoms. The summed E-state index contributed by atoms with van der Waals surface area (Å²) >= 11 is 0. The van der Waals surface area contributed by atoms with Crippen LogP contribution in [0.25, 0.3) is 0 Å². The molecule has 0 aromatic heterocycles. The lowest BCUT2D eigenvalue weighted by molar-refractivity contribution is 0.385. The highest BCUT2D eigenvalue weighted by molar-refractivity contribution is 4.74. The molecule has 1 atom stereocenters. The first-order valence-corrected chi connectivity index (χ1v) is 7.23. The lowest BCUT2D eigenvalue weighted by Gasteiger charge is -2.23. The van der Waals surface area contributed by atoms with E-state index in [4.69, 9.17) is 0 Å². The highest BCUT2D eigenvalue weighted by atomic mass is 15.0. The van der Waals surface area contributed by atoms with Crippen LogP contribution in [0.4, 0.5) is 0 Å². The van der Waals surface area contributed by atoms with Gasteiger partial charge >= 0.3 is 0 Å². The van der Waals surface area contributed by atoms with Crippen molar-refractivity contribution in [2.45, 2.75) is 64.8 Å². The first-order chi connectivity index (χ1) is 7.79. The van der Waals surface area contributed by atoms with Gasteiger partial charge in [0.05, 0.1) is 0 Å². The van der Waals surface area contributed by atoms with Crippen LogP contribution in [0.5, 0.6) is 0 Å². The Balaban J connectivity index is 1.80. The first-order valence-electron chi connectivity index (χ1n) is 7.23. The molecular weight excluding hydrogens is 196 g/mol. The van der Waals surface area contributed by atoms with E-state index in [9.17, 15) is 0 Å². The Morgan fingerprint density at radius 1 is 1.19 bits per heavy atom. The van der Waals surface area contributed by atoms with Gasteiger partial charge in [-0.2, -0.15) is 0 Å². The van der Waals surface area contributed by atoms with Crippen LogP contribution in [-0.4, -0.2) is 25.7 Å². The maximum Gasteiger partial charge on any atom is 0.0192 e. The molecule has 0 aromatic carbocycles. The van der Waals surface area contributed by atoms with Crippen molar-refractivity contribution in [2.24, 2.45) is 5.92 Å². The van der Waals surface area contributed by atoms with Crippen LogP contribution in [0, 0.1) is 5.92 Å². The Morgan fingerprint density at radius 2 is 2.00 bits per heavy atom. The molecule has 1 heterocycles. The molecule has 0 aromatic rings. The average molecular weight is 226 g/mol. The molecule has 1 aliphatic rings. The molecule has 96 valence electrons. The fourth-order valence-electron chi connectivity index (χ4n) is 2.36. The molecule has 1 rings (SSSR count). The second-order valence-corrected chi connectivity index (χ2v) is 5.59. The molecule has 16 heavy (non-hydrogen) atoms. The summed E-state index contributed by atoms with van der Waals surface area (Å²) in [6.07, 6.45) is 9.70. The van der Waals surface area contributed by atoms with Crippen molar-refractivity contribution >= 4 is 0 Å². The van der Waals surface area contributed by atoms with Crippen molar-refractivity contribution in [1.82, 2.24) is 10.6 Å². The summed E-state index contributed by atoms with van der Waals surface area (Å²) in [6, 6.07) is 0.740. The van der Waals surface area contributed by atoms with Crippen LogP contribution in [0.1, 0.15) is 58.8 Å². The van der Waals surface area contributed by atoms with E-state index in [2.05, 4.69) is 24.5 Å². The van der Waals surface area contributed by atoms with Crippen LogP contribution in [0.2, 0.25) is 0 Å². The number of rotatable bonds is 8. The van der Waals surface area contributed by atoms with Crippen molar-refractivity contribution in [3.05, 3.63) is 0 Å². The standard InChI is InChI=1S/C14H30N2/c1-13(2)8-5-3-4-6-11-16-14-9-7-10-15-12-14/h13-16H,3-12H2,1-2H3. The third-order valence-corrected chi connectivity index (χ3v) is 3.44. The fraction of sp³-hybridized carbons (Fsp3) is 1.00. The molecule has 2 N–H and O–H groups in total. The van der Waals surface area contributed by atoms with Crippen LogP contribution in [0.15, 0.2) is 0 Å². The maximum absolute atomic E-state index is 3.66. The van der Waals surface area contributed by atoms with Crippen LogP contribution >= 0.6 is 0 Å². The second-order valence-electron chi connectivity index (χ2n) is 5.59. The van der Waals surface area contributed by atoms with Gasteiger partial charge in [0.15, 0.2) is 0 Å². The van der Waals surface area contributed by atoms with Gasteiger partial charge in [-0.15, -0.1) is 0 Å². The van der Waals surface area contributed by atoms with Gasteiger partial charge in [0.1, 0.15) is 0 Å². The normalized spacial score (nSPS) is 21.6. The van der Waals surface area contributed by atoms with E-state index in [1.54, 1.807) is 0 Å². The minimum atomic E-state index is 0.740. The SMILES string of the molecule is CC(C)CCCCCCNC1CCCNC1. The molecule has 0 spiro atoms. The topological polar surface area (TPSA) is 24.1 Å². The minimum Gasteiger partial charge on any atom is -0.315 e. The second kappa shape index (κ2) is 9.00.